The van der Waals surface area contributed by atoms with Crippen molar-refractivity contribution < 1.29 is 0 Å². The van der Waals surface area contributed by atoms with Gasteiger partial charge in [0.15, 0.2) is 0 Å². The largest absolute Gasteiger partial charge is 0.324 e. The third-order valence-corrected chi connectivity index (χ3v) is 5.58. The maximum Gasteiger partial charge on any atom is 0.0701 e. The Balaban J connectivity index is 1.64. The summed E-state index contributed by atoms with van der Waals surface area (Å²) in [5.41, 5.74) is 8.56. The molecule has 0 aromatic carbocycles. The standard InChI is InChI=1S/C15H20BrN3S/c16-15-8-11(10-20-15)14(17)9-12-6-7-19(18-12)13-4-2-1-3-5-13/h6-8,10,13-14H,1-5,9,17H2. The average molecular weight is 354 g/mol. The van der Waals surface area contributed by atoms with Crippen molar-refractivity contribution in [2.24, 2.45) is 5.73 Å². The van der Waals surface area contributed by atoms with Crippen LogP contribution in [0.1, 0.15) is 55.4 Å². The minimum Gasteiger partial charge on any atom is -0.324 e. The summed E-state index contributed by atoms with van der Waals surface area (Å²) < 4.78 is 3.29. The number of thiophene rings is 1. The molecule has 2 aromatic rings. The van der Waals surface area contributed by atoms with E-state index in [9.17, 15) is 0 Å². The van der Waals surface area contributed by atoms with Crippen molar-refractivity contribution in [1.82, 2.24) is 9.78 Å². The van der Waals surface area contributed by atoms with Crippen molar-refractivity contribution in [3.8, 4) is 0 Å². The fraction of sp³-hybridized carbons (Fsp3) is 0.533. The SMILES string of the molecule is NC(Cc1ccn(C2CCCCC2)n1)c1csc(Br)c1. The van der Waals surface area contributed by atoms with Crippen molar-refractivity contribution in [3.05, 3.63) is 38.8 Å². The maximum atomic E-state index is 6.26. The molecule has 1 fully saturated rings. The van der Waals surface area contributed by atoms with E-state index in [0.29, 0.717) is 6.04 Å². The average Bonchev–Trinajstić information content (AvgIpc) is 3.09. The van der Waals surface area contributed by atoms with Crippen molar-refractivity contribution in [1.29, 1.82) is 0 Å². The summed E-state index contributed by atoms with van der Waals surface area (Å²) in [6.45, 7) is 0. The van der Waals surface area contributed by atoms with Crippen LogP contribution in [0.25, 0.3) is 0 Å². The minimum atomic E-state index is 0.0345. The number of hydrogen-bond donors (Lipinski definition) is 1. The van der Waals surface area contributed by atoms with Crippen molar-refractivity contribution >= 4 is 27.3 Å². The van der Waals surface area contributed by atoms with Crippen LogP contribution in [0, 0.1) is 0 Å². The van der Waals surface area contributed by atoms with E-state index in [4.69, 9.17) is 10.8 Å². The zero-order valence-corrected chi connectivity index (χ0v) is 13.9. The third-order valence-electron chi connectivity index (χ3n) is 4.06. The lowest BCUT2D eigenvalue weighted by molar-refractivity contribution is 0.328. The molecule has 3 nitrogen and oxygen atoms in total. The van der Waals surface area contributed by atoms with E-state index in [2.05, 4.69) is 44.3 Å². The molecule has 0 saturated heterocycles. The molecule has 2 aromatic heterocycles. The Bertz CT molecular complexity index is 557. The molecule has 1 saturated carbocycles. The van der Waals surface area contributed by atoms with Gasteiger partial charge in [-0.1, -0.05) is 19.3 Å². The molecule has 0 amide bonds. The third kappa shape index (κ3) is 3.32. The van der Waals surface area contributed by atoms with Gasteiger partial charge in [-0.2, -0.15) is 5.10 Å². The number of halogens is 1. The summed E-state index contributed by atoms with van der Waals surface area (Å²) in [6, 6.07) is 4.86. The molecular weight excluding hydrogens is 334 g/mol. The van der Waals surface area contributed by atoms with Gasteiger partial charge in [0.25, 0.3) is 0 Å². The minimum absolute atomic E-state index is 0.0345. The number of nitrogens with two attached hydrogens (primary N) is 1. The van der Waals surface area contributed by atoms with Gasteiger partial charge in [0.2, 0.25) is 0 Å². The van der Waals surface area contributed by atoms with Crippen LogP contribution in [0.3, 0.4) is 0 Å². The molecule has 1 aliphatic carbocycles. The van der Waals surface area contributed by atoms with Crippen LogP contribution in [0.4, 0.5) is 0 Å². The summed E-state index contributed by atoms with van der Waals surface area (Å²) in [4.78, 5) is 0. The van der Waals surface area contributed by atoms with E-state index >= 15 is 0 Å². The smallest absolute Gasteiger partial charge is 0.0701 e. The highest BCUT2D eigenvalue weighted by Crippen LogP contribution is 2.28. The molecular formula is C15H20BrN3S. The highest BCUT2D eigenvalue weighted by atomic mass is 79.9. The summed E-state index contributed by atoms with van der Waals surface area (Å²) in [7, 11) is 0. The van der Waals surface area contributed by atoms with Gasteiger partial charge < -0.3 is 5.73 Å². The number of nitrogens with zero attached hydrogens (tertiary/aromatic N) is 2. The lowest BCUT2D eigenvalue weighted by Gasteiger charge is -2.21. The van der Waals surface area contributed by atoms with E-state index in [1.807, 2.05) is 0 Å². The molecule has 0 aliphatic heterocycles. The van der Waals surface area contributed by atoms with Crippen molar-refractivity contribution in [2.45, 2.75) is 50.6 Å². The van der Waals surface area contributed by atoms with Gasteiger partial charge in [0.05, 0.1) is 15.5 Å². The van der Waals surface area contributed by atoms with E-state index in [0.717, 1.165) is 15.9 Å². The zero-order valence-electron chi connectivity index (χ0n) is 11.5. The first kappa shape index (κ1) is 14.3. The van der Waals surface area contributed by atoms with E-state index in [-0.39, 0.29) is 6.04 Å². The molecule has 20 heavy (non-hydrogen) atoms. The predicted octanol–water partition coefficient (Wildman–Crippen LogP) is 4.45. The Morgan fingerprint density at radius 1 is 1.40 bits per heavy atom. The second kappa shape index (κ2) is 6.41. The number of aromatic nitrogens is 2. The van der Waals surface area contributed by atoms with Crippen LogP contribution in [0.15, 0.2) is 27.5 Å². The van der Waals surface area contributed by atoms with E-state index in [1.54, 1.807) is 11.3 Å². The van der Waals surface area contributed by atoms with Crippen molar-refractivity contribution in [2.75, 3.05) is 0 Å². The molecule has 0 radical (unpaired) electrons. The Kier molecular flexibility index (Phi) is 4.58. The predicted molar refractivity (Wildman–Crippen MR) is 87.0 cm³/mol. The molecule has 2 heterocycles. The molecule has 0 spiro atoms. The second-order valence-corrected chi connectivity index (χ2v) is 7.86. The highest BCUT2D eigenvalue weighted by molar-refractivity contribution is 9.11. The van der Waals surface area contributed by atoms with Crippen LogP contribution < -0.4 is 5.73 Å². The molecule has 1 unspecified atom stereocenters. The first-order valence-electron chi connectivity index (χ1n) is 7.26. The molecule has 5 heteroatoms. The fourth-order valence-corrected chi connectivity index (χ4v) is 4.14. The summed E-state index contributed by atoms with van der Waals surface area (Å²) in [5, 5.41) is 6.85. The topological polar surface area (TPSA) is 43.8 Å². The summed E-state index contributed by atoms with van der Waals surface area (Å²) in [6.07, 6.45) is 9.52. The van der Waals surface area contributed by atoms with Crippen LogP contribution in [-0.4, -0.2) is 9.78 Å². The van der Waals surface area contributed by atoms with E-state index < -0.39 is 0 Å². The van der Waals surface area contributed by atoms with Gasteiger partial charge in [0, 0.05) is 18.7 Å². The Labute approximate surface area is 132 Å². The fourth-order valence-electron chi connectivity index (χ4n) is 2.90. The molecule has 108 valence electrons. The Hall–Kier alpha value is -0.650. The zero-order chi connectivity index (χ0) is 13.9. The van der Waals surface area contributed by atoms with E-state index in [1.165, 1.54) is 37.7 Å². The number of rotatable bonds is 4. The Morgan fingerprint density at radius 3 is 2.90 bits per heavy atom. The first-order valence-corrected chi connectivity index (χ1v) is 8.93. The summed E-state index contributed by atoms with van der Waals surface area (Å²) >= 11 is 5.17. The summed E-state index contributed by atoms with van der Waals surface area (Å²) in [5.74, 6) is 0. The van der Waals surface area contributed by atoms with Gasteiger partial charge >= 0.3 is 0 Å². The van der Waals surface area contributed by atoms with Crippen molar-refractivity contribution in [3.63, 3.8) is 0 Å². The molecule has 3 rings (SSSR count). The normalized spacial score (nSPS) is 18.3. The number of hydrogen-bond acceptors (Lipinski definition) is 3. The molecule has 2 N–H and O–H groups in total. The lowest BCUT2D eigenvalue weighted by Crippen LogP contribution is -2.15. The molecule has 1 atom stereocenters. The second-order valence-electron chi connectivity index (χ2n) is 5.57. The van der Waals surface area contributed by atoms with Gasteiger partial charge in [0.1, 0.15) is 0 Å². The molecule has 0 bridgehead atoms. The highest BCUT2D eigenvalue weighted by Gasteiger charge is 2.17. The maximum absolute atomic E-state index is 6.26. The van der Waals surface area contributed by atoms with Gasteiger partial charge in [-0.3, -0.25) is 4.68 Å². The van der Waals surface area contributed by atoms with Crippen LogP contribution in [0.2, 0.25) is 0 Å². The van der Waals surface area contributed by atoms with Gasteiger partial charge in [-0.15, -0.1) is 11.3 Å². The quantitative estimate of drug-likeness (QED) is 0.881. The lowest BCUT2D eigenvalue weighted by atomic mass is 9.96. The van der Waals surface area contributed by atoms with Crippen LogP contribution in [0.5, 0.6) is 0 Å². The molecule has 1 aliphatic rings. The van der Waals surface area contributed by atoms with Gasteiger partial charge in [-0.05, 0) is 51.8 Å². The van der Waals surface area contributed by atoms with Gasteiger partial charge in [-0.25, -0.2) is 0 Å². The Morgan fingerprint density at radius 2 is 2.20 bits per heavy atom. The first-order chi connectivity index (χ1) is 9.72. The van der Waals surface area contributed by atoms with Crippen LogP contribution >= 0.6 is 27.3 Å². The monoisotopic (exact) mass is 353 g/mol. The van der Waals surface area contributed by atoms with Crippen LogP contribution in [-0.2, 0) is 6.42 Å².